The number of esters is 1. The molecule has 1 fully saturated rings. The fraction of sp³-hybridized carbons (Fsp3) is 0.533. The van der Waals surface area contributed by atoms with Crippen LogP contribution in [0.15, 0.2) is 18.2 Å². The summed E-state index contributed by atoms with van der Waals surface area (Å²) in [5.74, 6) is 1.28. The molecule has 1 atom stereocenters. The highest BCUT2D eigenvalue weighted by Gasteiger charge is 2.33. The summed E-state index contributed by atoms with van der Waals surface area (Å²) in [4.78, 5) is 11.5. The third kappa shape index (κ3) is 3.26. The van der Waals surface area contributed by atoms with Crippen molar-refractivity contribution in [3.8, 4) is 0 Å². The second-order valence-electron chi connectivity index (χ2n) is 5.70. The van der Waals surface area contributed by atoms with Crippen LogP contribution in [0.2, 0.25) is 0 Å². The lowest BCUT2D eigenvalue weighted by molar-refractivity contribution is 0.0600. The van der Waals surface area contributed by atoms with Crippen LogP contribution in [0.25, 0.3) is 0 Å². The second-order valence-corrected chi connectivity index (χ2v) is 6.85. The first kappa shape index (κ1) is 15.2. The number of ether oxygens (including phenoxy) is 1. The number of hydrogen-bond acceptors (Lipinski definition) is 4. The van der Waals surface area contributed by atoms with E-state index in [9.17, 15) is 9.18 Å². The molecule has 0 bridgehead atoms. The van der Waals surface area contributed by atoms with Gasteiger partial charge in [0.25, 0.3) is 0 Å². The van der Waals surface area contributed by atoms with Crippen LogP contribution in [0.5, 0.6) is 0 Å². The van der Waals surface area contributed by atoms with Crippen LogP contribution in [0.1, 0.15) is 30.6 Å². The molecule has 3 nitrogen and oxygen atoms in total. The SMILES string of the molecule is COC(=O)c1ccc(F)c(NC2CSCCC2(C)C)c1. The molecule has 1 aliphatic heterocycles. The number of thioether (sulfide) groups is 1. The lowest BCUT2D eigenvalue weighted by atomic mass is 9.82. The average Bonchev–Trinajstić information content (AvgIpc) is 2.42. The zero-order valence-corrected chi connectivity index (χ0v) is 12.8. The van der Waals surface area contributed by atoms with E-state index in [0.717, 1.165) is 17.9 Å². The Balaban J connectivity index is 2.21. The molecule has 1 heterocycles. The molecule has 1 aromatic rings. The standard InChI is InChI=1S/C15H20FNO2S/c1-15(2)6-7-20-9-13(15)17-12-8-10(14(18)19-3)4-5-11(12)16/h4-5,8,13,17H,6-7,9H2,1-3H3. The molecule has 0 aliphatic carbocycles. The zero-order valence-electron chi connectivity index (χ0n) is 12.0. The Labute approximate surface area is 123 Å². The first-order chi connectivity index (χ1) is 9.44. The lowest BCUT2D eigenvalue weighted by Gasteiger charge is -2.39. The Morgan fingerprint density at radius 2 is 2.25 bits per heavy atom. The van der Waals surface area contributed by atoms with Crippen molar-refractivity contribution in [1.82, 2.24) is 0 Å². The number of carbonyl (C=O) groups excluding carboxylic acids is 1. The topological polar surface area (TPSA) is 38.3 Å². The van der Waals surface area contributed by atoms with Gasteiger partial charge in [0.1, 0.15) is 5.82 Å². The van der Waals surface area contributed by atoms with Crippen molar-refractivity contribution in [3.05, 3.63) is 29.6 Å². The van der Waals surface area contributed by atoms with Gasteiger partial charge in [0.2, 0.25) is 0 Å². The van der Waals surface area contributed by atoms with Gasteiger partial charge in [-0.2, -0.15) is 11.8 Å². The van der Waals surface area contributed by atoms with Crippen molar-refractivity contribution in [3.63, 3.8) is 0 Å². The summed E-state index contributed by atoms with van der Waals surface area (Å²) in [6, 6.07) is 4.45. The fourth-order valence-electron chi connectivity index (χ4n) is 2.24. The van der Waals surface area contributed by atoms with Gasteiger partial charge < -0.3 is 10.1 Å². The molecule has 0 radical (unpaired) electrons. The van der Waals surface area contributed by atoms with Crippen LogP contribution in [-0.4, -0.2) is 30.6 Å². The van der Waals surface area contributed by atoms with Crippen LogP contribution in [-0.2, 0) is 4.74 Å². The molecule has 1 unspecified atom stereocenters. The highest BCUT2D eigenvalue weighted by atomic mass is 32.2. The molecule has 110 valence electrons. The van der Waals surface area contributed by atoms with E-state index in [-0.39, 0.29) is 17.3 Å². The minimum absolute atomic E-state index is 0.110. The number of hydrogen-bond donors (Lipinski definition) is 1. The van der Waals surface area contributed by atoms with Gasteiger partial charge in [0.15, 0.2) is 0 Å². The average molecular weight is 297 g/mol. The third-order valence-electron chi connectivity index (χ3n) is 3.84. The number of nitrogens with one attached hydrogen (secondary N) is 1. The zero-order chi connectivity index (χ0) is 14.8. The van der Waals surface area contributed by atoms with Gasteiger partial charge in [0.05, 0.1) is 18.4 Å². The highest BCUT2D eigenvalue weighted by Crippen LogP contribution is 2.36. The van der Waals surface area contributed by atoms with E-state index in [0.29, 0.717) is 11.3 Å². The molecular weight excluding hydrogens is 277 g/mol. The Morgan fingerprint density at radius 3 is 2.90 bits per heavy atom. The van der Waals surface area contributed by atoms with Gasteiger partial charge in [-0.05, 0) is 35.8 Å². The molecule has 1 aromatic carbocycles. The normalized spacial score (nSPS) is 21.3. The first-order valence-corrected chi connectivity index (χ1v) is 7.81. The monoisotopic (exact) mass is 297 g/mol. The summed E-state index contributed by atoms with van der Waals surface area (Å²) >= 11 is 1.87. The van der Waals surface area contributed by atoms with Crippen molar-refractivity contribution in [2.75, 3.05) is 23.9 Å². The predicted octanol–water partition coefficient (Wildman–Crippen LogP) is 3.56. The van der Waals surface area contributed by atoms with Crippen LogP contribution >= 0.6 is 11.8 Å². The number of benzene rings is 1. The number of carbonyl (C=O) groups is 1. The molecular formula is C15H20FNO2S. The number of halogens is 1. The maximum absolute atomic E-state index is 13.9. The molecule has 0 aromatic heterocycles. The van der Waals surface area contributed by atoms with Crippen molar-refractivity contribution < 1.29 is 13.9 Å². The van der Waals surface area contributed by atoms with E-state index in [1.807, 2.05) is 11.8 Å². The van der Waals surface area contributed by atoms with Gasteiger partial charge in [-0.25, -0.2) is 9.18 Å². The summed E-state index contributed by atoms with van der Waals surface area (Å²) in [5, 5.41) is 3.26. The van der Waals surface area contributed by atoms with E-state index >= 15 is 0 Å². The molecule has 1 saturated heterocycles. The van der Waals surface area contributed by atoms with Crippen LogP contribution in [0.3, 0.4) is 0 Å². The number of anilines is 1. The van der Waals surface area contributed by atoms with Crippen molar-refractivity contribution in [2.24, 2.45) is 5.41 Å². The van der Waals surface area contributed by atoms with Crippen LogP contribution in [0.4, 0.5) is 10.1 Å². The number of methoxy groups -OCH3 is 1. The second kappa shape index (κ2) is 6.04. The first-order valence-electron chi connectivity index (χ1n) is 6.66. The van der Waals surface area contributed by atoms with Crippen LogP contribution in [0, 0.1) is 11.2 Å². The van der Waals surface area contributed by atoms with E-state index in [4.69, 9.17) is 0 Å². The van der Waals surface area contributed by atoms with Crippen molar-refractivity contribution in [2.45, 2.75) is 26.3 Å². The quantitative estimate of drug-likeness (QED) is 0.866. The summed E-state index contributed by atoms with van der Waals surface area (Å²) in [7, 11) is 1.32. The maximum atomic E-state index is 13.9. The molecule has 0 spiro atoms. The predicted molar refractivity (Wildman–Crippen MR) is 80.9 cm³/mol. The minimum atomic E-state index is -0.453. The smallest absolute Gasteiger partial charge is 0.337 e. The lowest BCUT2D eigenvalue weighted by Crippen LogP contribution is -2.41. The fourth-order valence-corrected chi connectivity index (χ4v) is 3.85. The summed E-state index contributed by atoms with van der Waals surface area (Å²) in [6.07, 6.45) is 1.09. The molecule has 20 heavy (non-hydrogen) atoms. The van der Waals surface area contributed by atoms with E-state index in [1.165, 1.54) is 25.3 Å². The van der Waals surface area contributed by atoms with E-state index in [1.54, 1.807) is 0 Å². The Kier molecular flexibility index (Phi) is 4.58. The van der Waals surface area contributed by atoms with E-state index in [2.05, 4.69) is 23.9 Å². The molecule has 0 amide bonds. The summed E-state index contributed by atoms with van der Waals surface area (Å²) < 4.78 is 18.6. The Hall–Kier alpha value is -1.23. The third-order valence-corrected chi connectivity index (χ3v) is 4.90. The summed E-state index contributed by atoms with van der Waals surface area (Å²) in [6.45, 7) is 4.37. The Bertz CT molecular complexity index is 505. The maximum Gasteiger partial charge on any atom is 0.337 e. The largest absolute Gasteiger partial charge is 0.465 e. The number of rotatable bonds is 3. The summed E-state index contributed by atoms with van der Waals surface area (Å²) in [5.41, 5.74) is 0.838. The van der Waals surface area contributed by atoms with Crippen molar-refractivity contribution in [1.29, 1.82) is 0 Å². The highest BCUT2D eigenvalue weighted by molar-refractivity contribution is 7.99. The molecule has 2 rings (SSSR count). The molecule has 1 N–H and O–H groups in total. The Morgan fingerprint density at radius 1 is 1.50 bits per heavy atom. The van der Waals surface area contributed by atoms with Gasteiger partial charge in [-0.3, -0.25) is 0 Å². The molecule has 1 aliphatic rings. The molecule has 0 saturated carbocycles. The van der Waals surface area contributed by atoms with Gasteiger partial charge in [0, 0.05) is 11.8 Å². The van der Waals surface area contributed by atoms with Gasteiger partial charge in [-0.1, -0.05) is 13.8 Å². The van der Waals surface area contributed by atoms with Gasteiger partial charge in [-0.15, -0.1) is 0 Å². The van der Waals surface area contributed by atoms with E-state index < -0.39 is 5.97 Å². The van der Waals surface area contributed by atoms with Crippen molar-refractivity contribution >= 4 is 23.4 Å². The van der Waals surface area contributed by atoms with Gasteiger partial charge >= 0.3 is 5.97 Å². The van der Waals surface area contributed by atoms with Crippen LogP contribution < -0.4 is 5.32 Å². The molecule has 5 heteroatoms. The minimum Gasteiger partial charge on any atom is -0.465 e.